The summed E-state index contributed by atoms with van der Waals surface area (Å²) >= 11 is 1.47. The molecule has 1 amide bonds. The lowest BCUT2D eigenvalue weighted by Crippen LogP contribution is -2.44. The summed E-state index contributed by atoms with van der Waals surface area (Å²) in [6, 6.07) is 7.88. The molecule has 0 radical (unpaired) electrons. The van der Waals surface area contributed by atoms with Gasteiger partial charge in [0.2, 0.25) is 5.91 Å². The van der Waals surface area contributed by atoms with Crippen molar-refractivity contribution in [1.82, 2.24) is 14.9 Å². The van der Waals surface area contributed by atoms with E-state index in [2.05, 4.69) is 9.97 Å². The highest BCUT2D eigenvalue weighted by molar-refractivity contribution is 8.00. The molecule has 0 saturated carbocycles. The number of aromatic amines is 1. The summed E-state index contributed by atoms with van der Waals surface area (Å²) < 4.78 is 5.27. The Morgan fingerprint density at radius 2 is 2.15 bits per heavy atom. The molecule has 1 atom stereocenters. The van der Waals surface area contributed by atoms with E-state index in [9.17, 15) is 4.79 Å². The molecule has 3 rings (SSSR count). The summed E-state index contributed by atoms with van der Waals surface area (Å²) in [5.41, 5.74) is 1.93. The molecule has 1 aliphatic rings. The average molecular weight is 291 g/mol. The van der Waals surface area contributed by atoms with Gasteiger partial charge in [0.1, 0.15) is 0 Å². The summed E-state index contributed by atoms with van der Waals surface area (Å²) in [6.45, 7) is 4.56. The first-order chi connectivity index (χ1) is 9.74. The second kappa shape index (κ2) is 5.85. The zero-order valence-corrected chi connectivity index (χ0v) is 12.2. The number of nitrogens with one attached hydrogen (secondary N) is 1. The molecule has 6 heteroatoms. The van der Waals surface area contributed by atoms with Gasteiger partial charge >= 0.3 is 0 Å². The summed E-state index contributed by atoms with van der Waals surface area (Å²) in [7, 11) is 0. The molecule has 1 saturated heterocycles. The van der Waals surface area contributed by atoms with E-state index in [0.717, 1.165) is 16.2 Å². The van der Waals surface area contributed by atoms with Crippen molar-refractivity contribution in [3.63, 3.8) is 0 Å². The molecule has 20 heavy (non-hydrogen) atoms. The number of aromatic nitrogens is 2. The van der Waals surface area contributed by atoms with Gasteiger partial charge in [-0.05, 0) is 19.1 Å². The smallest absolute Gasteiger partial charge is 0.236 e. The van der Waals surface area contributed by atoms with E-state index in [-0.39, 0.29) is 11.2 Å². The number of carbonyl (C=O) groups excluding carboxylic acids is 1. The van der Waals surface area contributed by atoms with Crippen LogP contribution < -0.4 is 0 Å². The Balaban J connectivity index is 1.68. The quantitative estimate of drug-likeness (QED) is 0.878. The summed E-state index contributed by atoms with van der Waals surface area (Å²) in [6.07, 6.45) is 0. The number of amides is 1. The van der Waals surface area contributed by atoms with Crippen LogP contribution in [0.15, 0.2) is 29.4 Å². The van der Waals surface area contributed by atoms with Crippen LogP contribution in [0, 0.1) is 0 Å². The maximum atomic E-state index is 12.3. The van der Waals surface area contributed by atoms with Crippen molar-refractivity contribution >= 4 is 28.7 Å². The van der Waals surface area contributed by atoms with Crippen LogP contribution in [0.5, 0.6) is 0 Å². The number of morpholine rings is 1. The van der Waals surface area contributed by atoms with E-state index in [4.69, 9.17) is 4.74 Å². The number of thioether (sulfide) groups is 1. The molecule has 2 aromatic rings. The van der Waals surface area contributed by atoms with Crippen molar-refractivity contribution in [3.8, 4) is 0 Å². The number of H-pyrrole nitrogens is 1. The number of rotatable bonds is 3. The molecule has 106 valence electrons. The van der Waals surface area contributed by atoms with Gasteiger partial charge in [-0.25, -0.2) is 4.98 Å². The van der Waals surface area contributed by atoms with Crippen LogP contribution >= 0.6 is 11.8 Å². The van der Waals surface area contributed by atoms with E-state index >= 15 is 0 Å². The Bertz CT molecular complexity index is 574. The number of benzene rings is 1. The van der Waals surface area contributed by atoms with Crippen LogP contribution in [0.4, 0.5) is 0 Å². The fourth-order valence-corrected chi connectivity index (χ4v) is 3.15. The number of hydrogen-bond acceptors (Lipinski definition) is 4. The SMILES string of the molecule is CC(Sc1nc2ccccc2[nH]1)C(=O)N1CCOCC1. The lowest BCUT2D eigenvalue weighted by Gasteiger charge is -2.28. The van der Waals surface area contributed by atoms with Crippen LogP contribution in [0.2, 0.25) is 0 Å². The lowest BCUT2D eigenvalue weighted by molar-refractivity contribution is -0.134. The molecule has 0 aliphatic carbocycles. The van der Waals surface area contributed by atoms with Crippen molar-refractivity contribution in [1.29, 1.82) is 0 Å². The number of imidazole rings is 1. The average Bonchev–Trinajstić information content (AvgIpc) is 2.89. The first kappa shape index (κ1) is 13.5. The van der Waals surface area contributed by atoms with Crippen molar-refractivity contribution in [2.24, 2.45) is 0 Å². The predicted octanol–water partition coefficient (Wildman–Crippen LogP) is 1.90. The summed E-state index contributed by atoms with van der Waals surface area (Å²) in [4.78, 5) is 21.9. The highest BCUT2D eigenvalue weighted by Gasteiger charge is 2.24. The number of carbonyl (C=O) groups is 1. The Labute approximate surface area is 121 Å². The normalized spacial score (nSPS) is 17.4. The van der Waals surface area contributed by atoms with Gasteiger partial charge < -0.3 is 14.6 Å². The number of hydrogen-bond donors (Lipinski definition) is 1. The third kappa shape index (κ3) is 2.81. The molecular weight excluding hydrogens is 274 g/mol. The molecule has 0 spiro atoms. The fraction of sp³-hybridized carbons (Fsp3) is 0.429. The molecule has 2 heterocycles. The van der Waals surface area contributed by atoms with Crippen LogP contribution in [0.3, 0.4) is 0 Å². The number of fused-ring (bicyclic) bond motifs is 1. The fourth-order valence-electron chi connectivity index (χ4n) is 2.24. The van der Waals surface area contributed by atoms with Crippen molar-refractivity contribution in [3.05, 3.63) is 24.3 Å². The topological polar surface area (TPSA) is 58.2 Å². The minimum atomic E-state index is -0.145. The van der Waals surface area contributed by atoms with E-state index in [1.54, 1.807) is 0 Å². The molecular formula is C14H17N3O2S. The minimum absolute atomic E-state index is 0.145. The number of para-hydroxylation sites is 2. The van der Waals surface area contributed by atoms with E-state index in [1.165, 1.54) is 11.8 Å². The van der Waals surface area contributed by atoms with Crippen LogP contribution in [-0.4, -0.2) is 52.3 Å². The Hall–Kier alpha value is -1.53. The van der Waals surface area contributed by atoms with Crippen LogP contribution in [-0.2, 0) is 9.53 Å². The maximum absolute atomic E-state index is 12.3. The zero-order chi connectivity index (χ0) is 13.9. The monoisotopic (exact) mass is 291 g/mol. The van der Waals surface area contributed by atoms with Crippen molar-refractivity contribution in [2.45, 2.75) is 17.3 Å². The zero-order valence-electron chi connectivity index (χ0n) is 11.3. The van der Waals surface area contributed by atoms with E-state index in [1.807, 2.05) is 36.1 Å². The minimum Gasteiger partial charge on any atom is -0.378 e. The number of ether oxygens (including phenoxy) is 1. The second-order valence-corrected chi connectivity index (χ2v) is 6.09. The van der Waals surface area contributed by atoms with Gasteiger partial charge in [0.05, 0.1) is 29.5 Å². The standard InChI is InChI=1S/C14H17N3O2S/c1-10(13(18)17-6-8-19-9-7-17)20-14-15-11-4-2-3-5-12(11)16-14/h2-5,10H,6-9H2,1H3,(H,15,16). The van der Waals surface area contributed by atoms with E-state index in [0.29, 0.717) is 26.3 Å². The Morgan fingerprint density at radius 3 is 2.90 bits per heavy atom. The third-order valence-corrected chi connectivity index (χ3v) is 4.30. The van der Waals surface area contributed by atoms with Crippen molar-refractivity contribution in [2.75, 3.05) is 26.3 Å². The largest absolute Gasteiger partial charge is 0.378 e. The van der Waals surface area contributed by atoms with E-state index < -0.39 is 0 Å². The van der Waals surface area contributed by atoms with Gasteiger partial charge in [-0.2, -0.15) is 0 Å². The first-order valence-electron chi connectivity index (χ1n) is 6.72. The van der Waals surface area contributed by atoms with Crippen LogP contribution in [0.1, 0.15) is 6.92 Å². The van der Waals surface area contributed by atoms with Crippen molar-refractivity contribution < 1.29 is 9.53 Å². The third-order valence-electron chi connectivity index (χ3n) is 3.33. The predicted molar refractivity (Wildman–Crippen MR) is 78.8 cm³/mol. The first-order valence-corrected chi connectivity index (χ1v) is 7.60. The summed E-state index contributed by atoms with van der Waals surface area (Å²) in [5, 5.41) is 0.647. The van der Waals surface area contributed by atoms with Gasteiger partial charge in [-0.15, -0.1) is 0 Å². The van der Waals surface area contributed by atoms with Gasteiger partial charge in [-0.3, -0.25) is 4.79 Å². The number of nitrogens with zero attached hydrogens (tertiary/aromatic N) is 2. The molecule has 1 aliphatic heterocycles. The molecule has 0 bridgehead atoms. The second-order valence-electron chi connectivity index (χ2n) is 4.76. The molecule has 1 unspecified atom stereocenters. The van der Waals surface area contributed by atoms with Gasteiger partial charge in [0, 0.05) is 13.1 Å². The highest BCUT2D eigenvalue weighted by atomic mass is 32.2. The van der Waals surface area contributed by atoms with Gasteiger partial charge in [0.25, 0.3) is 0 Å². The van der Waals surface area contributed by atoms with Crippen LogP contribution in [0.25, 0.3) is 11.0 Å². The Kier molecular flexibility index (Phi) is 3.93. The summed E-state index contributed by atoms with van der Waals surface area (Å²) in [5.74, 6) is 0.152. The molecule has 1 aromatic carbocycles. The lowest BCUT2D eigenvalue weighted by atomic mass is 10.3. The highest BCUT2D eigenvalue weighted by Crippen LogP contribution is 2.24. The molecule has 1 fully saturated rings. The van der Waals surface area contributed by atoms with Gasteiger partial charge in [-0.1, -0.05) is 23.9 Å². The Morgan fingerprint density at radius 1 is 1.40 bits per heavy atom. The molecule has 1 N–H and O–H groups in total. The molecule has 1 aromatic heterocycles. The van der Waals surface area contributed by atoms with Gasteiger partial charge in [0.15, 0.2) is 5.16 Å². The maximum Gasteiger partial charge on any atom is 0.236 e. The molecule has 5 nitrogen and oxygen atoms in total.